The zero-order valence-electron chi connectivity index (χ0n) is 15.3. The van der Waals surface area contributed by atoms with Crippen molar-refractivity contribution < 1.29 is 19.1 Å². The van der Waals surface area contributed by atoms with Crippen molar-refractivity contribution in [3.8, 4) is 5.75 Å². The Morgan fingerprint density at radius 3 is 2.71 bits per heavy atom. The number of hydrogen-bond donors (Lipinski definition) is 1. The number of aryl methyl sites for hydroxylation is 1. The Bertz CT molecular complexity index is 1060. The first-order valence-electron chi connectivity index (χ1n) is 8.80. The minimum absolute atomic E-state index is 0.0944. The van der Waals surface area contributed by atoms with Gasteiger partial charge >= 0.3 is 6.03 Å². The SMILES string of the molecule is Cc1ccc(N2C(=O)NC(=O)/C(=C\c3ccc4c(c3)C[C@H](C)O4)C2=O)cc1Cl. The highest BCUT2D eigenvalue weighted by molar-refractivity contribution is 6.39. The third-order valence-electron chi connectivity index (χ3n) is 4.75. The van der Waals surface area contributed by atoms with Crippen molar-refractivity contribution in [2.24, 2.45) is 0 Å². The van der Waals surface area contributed by atoms with Gasteiger partial charge in [-0.3, -0.25) is 14.9 Å². The van der Waals surface area contributed by atoms with Crippen LogP contribution in [0.25, 0.3) is 6.08 Å². The third-order valence-corrected chi connectivity index (χ3v) is 5.15. The van der Waals surface area contributed by atoms with Gasteiger partial charge in [0, 0.05) is 11.4 Å². The van der Waals surface area contributed by atoms with Crippen LogP contribution in [-0.2, 0) is 16.0 Å². The molecule has 28 heavy (non-hydrogen) atoms. The first-order chi connectivity index (χ1) is 13.3. The Balaban J connectivity index is 1.71. The third kappa shape index (κ3) is 3.16. The number of nitrogens with one attached hydrogen (secondary N) is 1. The molecule has 4 amide bonds. The summed E-state index contributed by atoms with van der Waals surface area (Å²) in [5.41, 5.74) is 2.70. The van der Waals surface area contributed by atoms with Gasteiger partial charge in [-0.05, 0) is 60.9 Å². The molecule has 4 rings (SSSR count). The molecular formula is C21H17ClN2O4. The number of anilines is 1. The number of rotatable bonds is 2. The molecule has 1 fully saturated rings. The van der Waals surface area contributed by atoms with Crippen LogP contribution < -0.4 is 15.0 Å². The molecule has 0 bridgehead atoms. The molecule has 2 aliphatic rings. The molecular weight excluding hydrogens is 380 g/mol. The van der Waals surface area contributed by atoms with Crippen LogP contribution in [0.2, 0.25) is 5.02 Å². The highest BCUT2D eigenvalue weighted by Crippen LogP contribution is 2.31. The molecule has 0 radical (unpaired) electrons. The first kappa shape index (κ1) is 18.3. The largest absolute Gasteiger partial charge is 0.490 e. The van der Waals surface area contributed by atoms with E-state index in [1.54, 1.807) is 18.2 Å². The molecule has 2 aromatic carbocycles. The fourth-order valence-electron chi connectivity index (χ4n) is 3.31. The maximum absolute atomic E-state index is 12.9. The fraction of sp³-hybridized carbons (Fsp3) is 0.190. The number of halogens is 1. The number of barbiturate groups is 1. The lowest BCUT2D eigenvalue weighted by molar-refractivity contribution is -0.122. The van der Waals surface area contributed by atoms with Crippen LogP contribution in [0.1, 0.15) is 23.6 Å². The van der Waals surface area contributed by atoms with E-state index < -0.39 is 17.8 Å². The van der Waals surface area contributed by atoms with E-state index in [0.717, 1.165) is 28.2 Å². The number of hydrogen-bond acceptors (Lipinski definition) is 4. The van der Waals surface area contributed by atoms with Crippen LogP contribution in [-0.4, -0.2) is 23.9 Å². The van der Waals surface area contributed by atoms with Gasteiger partial charge in [0.1, 0.15) is 17.4 Å². The molecule has 2 aromatic rings. The molecule has 0 saturated carbocycles. The molecule has 7 heteroatoms. The molecule has 2 heterocycles. The zero-order chi connectivity index (χ0) is 20.0. The molecule has 0 aliphatic carbocycles. The van der Waals surface area contributed by atoms with Crippen LogP contribution in [0.5, 0.6) is 5.75 Å². The van der Waals surface area contributed by atoms with Crippen LogP contribution >= 0.6 is 11.6 Å². The summed E-state index contributed by atoms with van der Waals surface area (Å²) in [7, 11) is 0. The highest BCUT2D eigenvalue weighted by Gasteiger charge is 2.37. The summed E-state index contributed by atoms with van der Waals surface area (Å²) in [4.78, 5) is 38.4. The quantitative estimate of drug-likeness (QED) is 0.621. The van der Waals surface area contributed by atoms with Gasteiger partial charge in [0.2, 0.25) is 0 Å². The topological polar surface area (TPSA) is 75.7 Å². The second-order valence-corrected chi connectivity index (χ2v) is 7.30. The van der Waals surface area contributed by atoms with Crippen molar-refractivity contribution in [1.29, 1.82) is 0 Å². The smallest absolute Gasteiger partial charge is 0.335 e. The minimum atomic E-state index is -0.803. The summed E-state index contributed by atoms with van der Waals surface area (Å²) >= 11 is 6.13. The Hall–Kier alpha value is -3.12. The molecule has 6 nitrogen and oxygen atoms in total. The maximum atomic E-state index is 12.9. The predicted molar refractivity (Wildman–Crippen MR) is 105 cm³/mol. The van der Waals surface area contributed by atoms with Gasteiger partial charge in [0.05, 0.1) is 5.69 Å². The lowest BCUT2D eigenvalue weighted by atomic mass is 10.0. The second-order valence-electron chi connectivity index (χ2n) is 6.89. The number of fused-ring (bicyclic) bond motifs is 1. The standard InChI is InChI=1S/C21H17ClN2O4/c1-11-3-5-15(10-17(11)22)24-20(26)16(19(25)23-21(24)27)9-13-4-6-18-14(8-13)7-12(2)28-18/h3-6,8-10,12H,7H2,1-2H3,(H,23,25,27)/b16-9+/t12-/m0/s1. The van der Waals surface area contributed by atoms with Gasteiger partial charge in [-0.25, -0.2) is 9.69 Å². The number of benzene rings is 2. The van der Waals surface area contributed by atoms with Crippen molar-refractivity contribution >= 4 is 41.2 Å². The van der Waals surface area contributed by atoms with Crippen molar-refractivity contribution in [3.63, 3.8) is 0 Å². The summed E-state index contributed by atoms with van der Waals surface area (Å²) < 4.78 is 5.67. The Kier molecular flexibility index (Phi) is 4.43. The van der Waals surface area contributed by atoms with Gasteiger partial charge in [0.25, 0.3) is 11.8 Å². The van der Waals surface area contributed by atoms with Gasteiger partial charge in [0.15, 0.2) is 0 Å². The average Bonchev–Trinajstić information content (AvgIpc) is 3.00. The second kappa shape index (κ2) is 6.80. The summed E-state index contributed by atoms with van der Waals surface area (Å²) in [5.74, 6) is -0.617. The molecule has 1 N–H and O–H groups in total. The molecule has 2 aliphatic heterocycles. The van der Waals surface area contributed by atoms with Gasteiger partial charge in [-0.1, -0.05) is 23.7 Å². The van der Waals surface area contributed by atoms with E-state index in [1.165, 1.54) is 12.1 Å². The molecule has 0 unspecified atom stereocenters. The molecule has 142 valence electrons. The Labute approximate surface area is 166 Å². The normalized spacial score (nSPS) is 20.2. The van der Waals surface area contributed by atoms with Crippen molar-refractivity contribution in [1.82, 2.24) is 5.32 Å². The van der Waals surface area contributed by atoms with E-state index in [9.17, 15) is 14.4 Å². The number of urea groups is 1. The Morgan fingerprint density at radius 1 is 1.18 bits per heavy atom. The number of carbonyl (C=O) groups is 3. The van der Waals surface area contributed by atoms with E-state index in [-0.39, 0.29) is 11.7 Å². The molecule has 0 aromatic heterocycles. The lowest BCUT2D eigenvalue weighted by Crippen LogP contribution is -2.54. The van der Waals surface area contributed by atoms with Crippen LogP contribution in [0.4, 0.5) is 10.5 Å². The highest BCUT2D eigenvalue weighted by atomic mass is 35.5. The molecule has 1 saturated heterocycles. The van der Waals surface area contributed by atoms with Gasteiger partial charge in [-0.2, -0.15) is 0 Å². The van der Waals surface area contributed by atoms with E-state index in [2.05, 4.69) is 5.32 Å². The maximum Gasteiger partial charge on any atom is 0.335 e. The minimum Gasteiger partial charge on any atom is -0.490 e. The molecule has 1 atom stereocenters. The summed E-state index contributed by atoms with van der Waals surface area (Å²) in [6.07, 6.45) is 2.34. The van der Waals surface area contributed by atoms with Gasteiger partial charge in [-0.15, -0.1) is 0 Å². The number of ether oxygens (including phenoxy) is 1. The number of amides is 4. The first-order valence-corrected chi connectivity index (χ1v) is 9.18. The predicted octanol–water partition coefficient (Wildman–Crippen LogP) is 3.64. The van der Waals surface area contributed by atoms with E-state index in [4.69, 9.17) is 16.3 Å². The van der Waals surface area contributed by atoms with Crippen molar-refractivity contribution in [3.05, 3.63) is 63.7 Å². The lowest BCUT2D eigenvalue weighted by Gasteiger charge is -2.26. The summed E-state index contributed by atoms with van der Waals surface area (Å²) in [6, 6.07) is 9.52. The Morgan fingerprint density at radius 2 is 1.96 bits per heavy atom. The molecule has 0 spiro atoms. The number of nitrogens with zero attached hydrogens (tertiary/aromatic N) is 1. The van der Waals surface area contributed by atoms with E-state index in [0.29, 0.717) is 16.3 Å². The van der Waals surface area contributed by atoms with E-state index in [1.807, 2.05) is 26.0 Å². The van der Waals surface area contributed by atoms with Crippen LogP contribution in [0.15, 0.2) is 42.0 Å². The zero-order valence-corrected chi connectivity index (χ0v) is 16.0. The van der Waals surface area contributed by atoms with E-state index >= 15 is 0 Å². The fourth-order valence-corrected chi connectivity index (χ4v) is 3.49. The average molecular weight is 397 g/mol. The number of carbonyl (C=O) groups excluding carboxylic acids is 3. The number of imide groups is 2. The summed E-state index contributed by atoms with van der Waals surface area (Å²) in [6.45, 7) is 3.80. The van der Waals surface area contributed by atoms with Crippen LogP contribution in [0, 0.1) is 6.92 Å². The van der Waals surface area contributed by atoms with Crippen molar-refractivity contribution in [2.45, 2.75) is 26.4 Å². The monoisotopic (exact) mass is 396 g/mol. The van der Waals surface area contributed by atoms with Crippen LogP contribution in [0.3, 0.4) is 0 Å². The van der Waals surface area contributed by atoms with Crippen molar-refractivity contribution in [2.75, 3.05) is 4.90 Å². The summed E-state index contributed by atoms with van der Waals surface area (Å²) in [5, 5.41) is 2.64. The van der Waals surface area contributed by atoms with Gasteiger partial charge < -0.3 is 4.74 Å².